The molecule has 4 nitrogen and oxygen atoms in total. The van der Waals surface area contributed by atoms with Crippen LogP contribution < -0.4 is 0 Å². The van der Waals surface area contributed by atoms with Crippen molar-refractivity contribution < 1.29 is 8.76 Å². The maximum Gasteiger partial charge on any atom is 0.0331 e. The highest BCUT2D eigenvalue weighted by atomic mass is 127. The van der Waals surface area contributed by atoms with Gasteiger partial charge in [0.2, 0.25) is 0 Å². The summed E-state index contributed by atoms with van der Waals surface area (Å²) in [5.41, 5.74) is 0. The van der Waals surface area contributed by atoms with Crippen molar-refractivity contribution in [3.63, 3.8) is 0 Å². The Labute approximate surface area is 83.8 Å². The Hall–Kier alpha value is 0.760. The van der Waals surface area contributed by atoms with Crippen LogP contribution in [0.15, 0.2) is 0 Å². The maximum atomic E-state index is 10.3. The van der Waals surface area contributed by atoms with Crippen LogP contribution in [-0.2, 0) is 11.3 Å². The number of hydrogen-bond donors (Lipinski definition) is 0. The second-order valence-corrected chi connectivity index (χ2v) is 5.11. The minimum atomic E-state index is -2.07. The van der Waals surface area contributed by atoms with Gasteiger partial charge in [0.25, 0.3) is 0 Å². The van der Waals surface area contributed by atoms with Gasteiger partial charge in [0, 0.05) is 40.7 Å². The van der Waals surface area contributed by atoms with E-state index < -0.39 is 11.3 Å². The zero-order chi connectivity index (χ0) is 8.85. The van der Waals surface area contributed by atoms with E-state index in [-0.39, 0.29) is 0 Å². The SMILES string of the molecule is CN(C)CCCN(I)S(=O)[O-]. The molecule has 0 fully saturated rings. The van der Waals surface area contributed by atoms with Crippen LogP contribution in [-0.4, -0.2) is 43.4 Å². The van der Waals surface area contributed by atoms with E-state index in [1.165, 1.54) is 2.52 Å². The molecule has 0 aromatic heterocycles. The largest absolute Gasteiger partial charge is 0.759 e. The molecule has 1 atom stereocenters. The van der Waals surface area contributed by atoms with Crippen molar-refractivity contribution in [1.29, 1.82) is 0 Å². The van der Waals surface area contributed by atoms with Crippen LogP contribution in [0.1, 0.15) is 6.42 Å². The molecular weight excluding hydrogens is 279 g/mol. The lowest BCUT2D eigenvalue weighted by molar-refractivity contribution is 0.390. The van der Waals surface area contributed by atoms with E-state index in [9.17, 15) is 8.76 Å². The Bertz CT molecular complexity index is 134. The van der Waals surface area contributed by atoms with Crippen molar-refractivity contribution >= 4 is 34.1 Å². The Morgan fingerprint density at radius 3 is 2.36 bits per heavy atom. The standard InChI is InChI=1S/C5H13IN2O2S/c1-7(2)4-3-5-8(6)11(9)10/h3-5H2,1-2H3,(H,9,10)/p-1. The molecule has 0 aliphatic carbocycles. The molecule has 1 unspecified atom stereocenters. The van der Waals surface area contributed by atoms with Crippen LogP contribution in [0.4, 0.5) is 0 Å². The van der Waals surface area contributed by atoms with Gasteiger partial charge < -0.3 is 9.45 Å². The first-order valence-electron chi connectivity index (χ1n) is 3.21. The van der Waals surface area contributed by atoms with Crippen LogP contribution in [0.5, 0.6) is 0 Å². The lowest BCUT2D eigenvalue weighted by Crippen LogP contribution is -2.20. The second-order valence-electron chi connectivity index (χ2n) is 2.42. The molecule has 0 aromatic rings. The third-order valence-electron chi connectivity index (χ3n) is 1.10. The molecule has 0 bridgehead atoms. The van der Waals surface area contributed by atoms with E-state index in [0.29, 0.717) is 6.54 Å². The first kappa shape index (κ1) is 11.8. The highest BCUT2D eigenvalue weighted by molar-refractivity contribution is 14.1. The lowest BCUT2D eigenvalue weighted by Gasteiger charge is -2.17. The molecule has 11 heavy (non-hydrogen) atoms. The molecule has 0 heterocycles. The Kier molecular flexibility index (Phi) is 6.73. The molecule has 0 aromatic carbocycles. The predicted molar refractivity (Wildman–Crippen MR) is 52.8 cm³/mol. The third-order valence-corrected chi connectivity index (χ3v) is 3.05. The fraction of sp³-hybridized carbons (Fsp3) is 1.00. The van der Waals surface area contributed by atoms with Gasteiger partial charge in [0.15, 0.2) is 0 Å². The molecule has 0 aliphatic heterocycles. The summed E-state index contributed by atoms with van der Waals surface area (Å²) >= 11 is -0.293. The number of rotatable bonds is 5. The fourth-order valence-corrected chi connectivity index (χ4v) is 1.21. The van der Waals surface area contributed by atoms with Crippen LogP contribution in [0.3, 0.4) is 0 Å². The quantitative estimate of drug-likeness (QED) is 0.418. The molecule has 68 valence electrons. The van der Waals surface area contributed by atoms with E-state index in [4.69, 9.17) is 0 Å². The summed E-state index contributed by atoms with van der Waals surface area (Å²) in [6, 6.07) is 0. The number of nitrogens with zero attached hydrogens (tertiary/aromatic N) is 2. The van der Waals surface area contributed by atoms with Gasteiger partial charge in [-0.1, -0.05) is 0 Å². The smallest absolute Gasteiger partial charge is 0.0331 e. The molecule has 0 radical (unpaired) electrons. The van der Waals surface area contributed by atoms with E-state index in [1.807, 2.05) is 19.0 Å². The zero-order valence-electron chi connectivity index (χ0n) is 6.62. The molecule has 0 N–H and O–H groups in total. The first-order valence-corrected chi connectivity index (χ1v) is 5.21. The van der Waals surface area contributed by atoms with Gasteiger partial charge in [-0.15, -0.1) is 0 Å². The minimum absolute atomic E-state index is 0.578. The predicted octanol–water partition coefficient (Wildman–Crippen LogP) is 0.384. The van der Waals surface area contributed by atoms with E-state index >= 15 is 0 Å². The van der Waals surface area contributed by atoms with Crippen LogP contribution in [0.2, 0.25) is 0 Å². The molecule has 0 spiro atoms. The number of hydrogen-bond acceptors (Lipinski definition) is 3. The normalized spacial score (nSPS) is 14.4. The van der Waals surface area contributed by atoms with Crippen molar-refractivity contribution in [3.8, 4) is 0 Å². The number of halogens is 1. The summed E-state index contributed by atoms with van der Waals surface area (Å²) in [5, 5.41) is 0. The first-order chi connectivity index (χ1) is 5.04. The molecule has 0 saturated heterocycles. The molecule has 0 amide bonds. The van der Waals surface area contributed by atoms with Crippen LogP contribution in [0.25, 0.3) is 0 Å². The second kappa shape index (κ2) is 6.30. The summed E-state index contributed by atoms with van der Waals surface area (Å²) in [6.07, 6.45) is 0.865. The maximum absolute atomic E-state index is 10.3. The monoisotopic (exact) mass is 291 g/mol. The highest BCUT2D eigenvalue weighted by Crippen LogP contribution is 2.02. The Balaban J connectivity index is 3.31. The average Bonchev–Trinajstić information content (AvgIpc) is 1.86. The van der Waals surface area contributed by atoms with Gasteiger partial charge in [-0.2, -0.15) is 2.52 Å². The van der Waals surface area contributed by atoms with Gasteiger partial charge in [0.1, 0.15) is 0 Å². The van der Waals surface area contributed by atoms with Gasteiger partial charge in [-0.25, -0.2) is 0 Å². The Morgan fingerprint density at radius 1 is 1.45 bits per heavy atom. The van der Waals surface area contributed by atoms with Crippen molar-refractivity contribution in [2.75, 3.05) is 27.2 Å². The van der Waals surface area contributed by atoms with Crippen molar-refractivity contribution in [1.82, 2.24) is 7.42 Å². The molecule has 6 heteroatoms. The van der Waals surface area contributed by atoms with Crippen LogP contribution >= 0.6 is 22.9 Å². The summed E-state index contributed by atoms with van der Waals surface area (Å²) in [5.74, 6) is 0. The fourth-order valence-electron chi connectivity index (χ4n) is 0.586. The van der Waals surface area contributed by atoms with E-state index in [0.717, 1.165) is 13.0 Å². The Morgan fingerprint density at radius 2 is 2.00 bits per heavy atom. The topological polar surface area (TPSA) is 46.6 Å². The van der Waals surface area contributed by atoms with E-state index in [2.05, 4.69) is 0 Å². The minimum Gasteiger partial charge on any atom is -0.759 e. The highest BCUT2D eigenvalue weighted by Gasteiger charge is 1.98. The van der Waals surface area contributed by atoms with E-state index in [1.54, 1.807) is 22.9 Å². The van der Waals surface area contributed by atoms with Gasteiger partial charge in [-0.05, 0) is 27.1 Å². The van der Waals surface area contributed by atoms with Gasteiger partial charge >= 0.3 is 0 Å². The summed E-state index contributed by atoms with van der Waals surface area (Å²) in [6.45, 7) is 1.49. The van der Waals surface area contributed by atoms with Gasteiger partial charge in [-0.3, -0.25) is 4.21 Å². The summed E-state index contributed by atoms with van der Waals surface area (Å²) in [7, 11) is 3.93. The van der Waals surface area contributed by atoms with Crippen molar-refractivity contribution in [2.45, 2.75) is 6.42 Å². The third kappa shape index (κ3) is 7.13. The summed E-state index contributed by atoms with van der Waals surface area (Å²) in [4.78, 5) is 2.03. The molecule has 0 saturated carbocycles. The zero-order valence-corrected chi connectivity index (χ0v) is 9.59. The average molecular weight is 291 g/mol. The van der Waals surface area contributed by atoms with Crippen LogP contribution in [0, 0.1) is 0 Å². The molecular formula is C5H12IN2O2S-. The van der Waals surface area contributed by atoms with Gasteiger partial charge in [0.05, 0.1) is 0 Å². The molecule has 0 aliphatic rings. The van der Waals surface area contributed by atoms with Crippen molar-refractivity contribution in [3.05, 3.63) is 0 Å². The summed E-state index contributed by atoms with van der Waals surface area (Å²) < 4.78 is 21.8. The molecule has 0 rings (SSSR count). The lowest BCUT2D eigenvalue weighted by atomic mass is 10.4. The van der Waals surface area contributed by atoms with Crippen molar-refractivity contribution in [2.24, 2.45) is 0 Å².